The standard InChI is InChI=1S/C36H52N10/c1-39-13-21-43(22-14-39)35(44-23-15-40(2)16-24-44)37-33-31-11-7-5-9-29(31)30-10-6-8-12-32(30)34(33)38-36(45-25-17-41(3)18-26-45)46-27-19-42(4)20-28-46/h5-12H,13-28H2,1-4H3. The summed E-state index contributed by atoms with van der Waals surface area (Å²) in [6.07, 6.45) is 0. The van der Waals surface area contributed by atoms with Gasteiger partial charge >= 0.3 is 0 Å². The lowest BCUT2D eigenvalue weighted by Crippen LogP contribution is -2.56. The van der Waals surface area contributed by atoms with Gasteiger partial charge in [0.1, 0.15) is 11.4 Å². The van der Waals surface area contributed by atoms with Crippen LogP contribution in [0.15, 0.2) is 58.5 Å². The topological polar surface area (TPSA) is 50.6 Å². The van der Waals surface area contributed by atoms with E-state index >= 15 is 0 Å². The van der Waals surface area contributed by atoms with E-state index in [9.17, 15) is 0 Å². The minimum atomic E-state index is 0.986. The van der Waals surface area contributed by atoms with Gasteiger partial charge in [0.25, 0.3) is 0 Å². The predicted octanol–water partition coefficient (Wildman–Crippen LogP) is 2.96. The van der Waals surface area contributed by atoms with Gasteiger partial charge in [-0.1, -0.05) is 48.5 Å². The summed E-state index contributed by atoms with van der Waals surface area (Å²) in [5, 5.41) is 4.84. The van der Waals surface area contributed by atoms with Gasteiger partial charge in [-0.3, -0.25) is 0 Å². The highest BCUT2D eigenvalue weighted by Gasteiger charge is 2.29. The smallest absolute Gasteiger partial charge is 0.202 e. The van der Waals surface area contributed by atoms with Crippen LogP contribution in [0.2, 0.25) is 0 Å². The van der Waals surface area contributed by atoms with E-state index in [-0.39, 0.29) is 0 Å². The number of rotatable bonds is 2. The van der Waals surface area contributed by atoms with Crippen LogP contribution in [-0.4, -0.2) is 184 Å². The maximum absolute atomic E-state index is 5.77. The van der Waals surface area contributed by atoms with Crippen molar-refractivity contribution in [2.24, 2.45) is 9.98 Å². The number of likely N-dealkylation sites (N-methyl/N-ethyl adjacent to an activating group) is 4. The summed E-state index contributed by atoms with van der Waals surface area (Å²) in [6, 6.07) is 17.7. The van der Waals surface area contributed by atoms with Gasteiger partial charge in [-0.2, -0.15) is 0 Å². The first-order valence-electron chi connectivity index (χ1n) is 17.3. The van der Waals surface area contributed by atoms with Gasteiger partial charge in [-0.25, -0.2) is 9.98 Å². The van der Waals surface area contributed by atoms with Crippen LogP contribution in [-0.2, 0) is 0 Å². The molecule has 0 radical (unpaired) electrons. The fourth-order valence-electron chi connectivity index (χ4n) is 7.24. The second-order valence-corrected chi connectivity index (χ2v) is 13.8. The minimum Gasteiger partial charge on any atom is -0.340 e. The number of hydrogen-bond acceptors (Lipinski definition) is 6. The third-order valence-electron chi connectivity index (χ3n) is 10.4. The molecule has 46 heavy (non-hydrogen) atoms. The first-order chi connectivity index (χ1) is 22.4. The van der Waals surface area contributed by atoms with Gasteiger partial charge in [0.05, 0.1) is 0 Å². The van der Waals surface area contributed by atoms with Crippen LogP contribution in [0.1, 0.15) is 0 Å². The molecule has 7 rings (SSSR count). The molecule has 0 aliphatic carbocycles. The Labute approximate surface area is 275 Å². The Kier molecular flexibility index (Phi) is 9.31. The number of piperazine rings is 4. The SMILES string of the molecule is CN1CCN(C(=Nc2c(N=C(N3CCN(C)CC3)N3CCN(C)CC3)c3ccccc3c3ccccc23)N2CCN(C)CC2)CC1. The van der Waals surface area contributed by atoms with Crippen molar-refractivity contribution in [1.82, 2.24) is 39.2 Å². The molecule has 10 nitrogen and oxygen atoms in total. The molecule has 0 amide bonds. The maximum atomic E-state index is 5.77. The summed E-state index contributed by atoms with van der Waals surface area (Å²) < 4.78 is 0. The quantitative estimate of drug-likeness (QED) is 0.245. The highest BCUT2D eigenvalue weighted by molar-refractivity contribution is 6.20. The lowest BCUT2D eigenvalue weighted by atomic mass is 9.98. The van der Waals surface area contributed by atoms with Crippen molar-refractivity contribution in [2.45, 2.75) is 0 Å². The summed E-state index contributed by atoms with van der Waals surface area (Å²) >= 11 is 0. The molecule has 0 bridgehead atoms. The van der Waals surface area contributed by atoms with Crippen LogP contribution in [0.5, 0.6) is 0 Å². The number of aliphatic imine (C=N–C) groups is 2. The number of hydrogen-bond donors (Lipinski definition) is 0. The molecule has 4 saturated heterocycles. The Balaban J connectivity index is 1.44. The summed E-state index contributed by atoms with van der Waals surface area (Å²) in [5.74, 6) is 2.22. The van der Waals surface area contributed by atoms with E-state index in [2.05, 4.69) is 116 Å². The summed E-state index contributed by atoms with van der Waals surface area (Å²) in [4.78, 5) is 31.4. The van der Waals surface area contributed by atoms with Gasteiger partial charge in [0.2, 0.25) is 11.9 Å². The third-order valence-corrected chi connectivity index (χ3v) is 10.4. The molecular weight excluding hydrogens is 572 g/mol. The van der Waals surface area contributed by atoms with E-state index < -0.39 is 0 Å². The van der Waals surface area contributed by atoms with Crippen molar-refractivity contribution in [2.75, 3.05) is 133 Å². The van der Waals surface area contributed by atoms with Gasteiger partial charge < -0.3 is 39.2 Å². The van der Waals surface area contributed by atoms with E-state index in [1.165, 1.54) is 21.5 Å². The van der Waals surface area contributed by atoms with E-state index in [1.807, 2.05) is 0 Å². The van der Waals surface area contributed by atoms with Crippen LogP contribution in [0.25, 0.3) is 21.5 Å². The van der Waals surface area contributed by atoms with Gasteiger partial charge in [-0.05, 0) is 39.0 Å². The fourth-order valence-corrected chi connectivity index (χ4v) is 7.24. The number of nitrogens with zero attached hydrogens (tertiary/aromatic N) is 10. The zero-order chi connectivity index (χ0) is 31.6. The van der Waals surface area contributed by atoms with Gasteiger partial charge in [0, 0.05) is 115 Å². The Morgan fingerprint density at radius 2 is 0.609 bits per heavy atom. The van der Waals surface area contributed by atoms with Crippen molar-refractivity contribution in [1.29, 1.82) is 0 Å². The zero-order valence-electron chi connectivity index (χ0n) is 28.4. The van der Waals surface area contributed by atoms with Crippen LogP contribution >= 0.6 is 0 Å². The molecule has 0 unspecified atom stereocenters. The molecule has 0 saturated carbocycles. The Morgan fingerprint density at radius 1 is 0.370 bits per heavy atom. The molecule has 10 heteroatoms. The van der Waals surface area contributed by atoms with Crippen LogP contribution in [0, 0.1) is 0 Å². The molecule has 4 heterocycles. The second-order valence-electron chi connectivity index (χ2n) is 13.8. The van der Waals surface area contributed by atoms with E-state index in [0.29, 0.717) is 0 Å². The summed E-state index contributed by atoms with van der Waals surface area (Å²) in [7, 11) is 8.91. The van der Waals surface area contributed by atoms with Crippen molar-refractivity contribution in [3.8, 4) is 0 Å². The van der Waals surface area contributed by atoms with Crippen molar-refractivity contribution in [3.05, 3.63) is 48.5 Å². The molecule has 3 aromatic rings. The van der Waals surface area contributed by atoms with Crippen LogP contribution in [0.4, 0.5) is 11.4 Å². The van der Waals surface area contributed by atoms with E-state index in [4.69, 9.17) is 9.98 Å². The zero-order valence-corrected chi connectivity index (χ0v) is 28.4. The van der Waals surface area contributed by atoms with E-state index in [1.54, 1.807) is 0 Å². The average Bonchev–Trinajstić information content (AvgIpc) is 3.09. The largest absolute Gasteiger partial charge is 0.340 e. The molecule has 0 aromatic heterocycles. The predicted molar refractivity (Wildman–Crippen MR) is 192 cm³/mol. The number of guanidine groups is 2. The van der Waals surface area contributed by atoms with Crippen LogP contribution < -0.4 is 0 Å². The number of benzene rings is 3. The lowest BCUT2D eigenvalue weighted by molar-refractivity contribution is 0.167. The average molecular weight is 625 g/mol. The van der Waals surface area contributed by atoms with Gasteiger partial charge in [-0.15, -0.1) is 0 Å². The molecular formula is C36H52N10. The first kappa shape index (κ1) is 31.2. The van der Waals surface area contributed by atoms with Crippen LogP contribution in [0.3, 0.4) is 0 Å². The molecule has 0 atom stereocenters. The number of fused-ring (bicyclic) bond motifs is 3. The first-order valence-corrected chi connectivity index (χ1v) is 17.3. The molecule has 0 N–H and O–H groups in total. The van der Waals surface area contributed by atoms with Crippen molar-refractivity contribution in [3.63, 3.8) is 0 Å². The Bertz CT molecular complexity index is 1390. The highest BCUT2D eigenvalue weighted by atomic mass is 15.4. The molecule has 246 valence electrons. The Morgan fingerprint density at radius 3 is 0.870 bits per heavy atom. The second kappa shape index (κ2) is 13.7. The molecule has 0 spiro atoms. The van der Waals surface area contributed by atoms with E-state index in [0.717, 1.165) is 128 Å². The van der Waals surface area contributed by atoms with Crippen molar-refractivity contribution >= 4 is 44.8 Å². The molecule has 4 fully saturated rings. The highest BCUT2D eigenvalue weighted by Crippen LogP contribution is 2.44. The molecule has 4 aliphatic rings. The summed E-state index contributed by atoms with van der Waals surface area (Å²) in [6.45, 7) is 16.3. The molecule has 3 aromatic carbocycles. The normalized spacial score (nSPS) is 21.3. The lowest BCUT2D eigenvalue weighted by Gasteiger charge is -2.42. The maximum Gasteiger partial charge on any atom is 0.202 e. The third kappa shape index (κ3) is 6.53. The fraction of sp³-hybridized carbons (Fsp3) is 0.556. The van der Waals surface area contributed by atoms with Gasteiger partial charge in [0.15, 0.2) is 0 Å². The molecule has 4 aliphatic heterocycles. The monoisotopic (exact) mass is 624 g/mol. The summed E-state index contributed by atoms with van der Waals surface area (Å²) in [5.41, 5.74) is 2.01. The Hall–Kier alpha value is -3.44. The minimum absolute atomic E-state index is 0.986. The van der Waals surface area contributed by atoms with Crippen molar-refractivity contribution < 1.29 is 0 Å².